The normalized spacial score (nSPS) is 14.8. The Balaban J connectivity index is 1.29. The van der Waals surface area contributed by atoms with Gasteiger partial charge in [0.25, 0.3) is 5.91 Å². The zero-order valence-corrected chi connectivity index (χ0v) is 32.7. The lowest BCUT2D eigenvalue weighted by molar-refractivity contribution is 0.0727. The molecule has 1 amide bonds. The average Bonchev–Trinajstić information content (AvgIpc) is 3.19. The highest BCUT2D eigenvalue weighted by atomic mass is 35.5. The van der Waals surface area contributed by atoms with Crippen molar-refractivity contribution in [3.63, 3.8) is 0 Å². The van der Waals surface area contributed by atoms with Crippen LogP contribution in [0, 0.1) is 11.3 Å². The molecule has 0 radical (unpaired) electrons. The van der Waals surface area contributed by atoms with Gasteiger partial charge in [0.15, 0.2) is 0 Å². The fourth-order valence-electron chi connectivity index (χ4n) is 7.62. The minimum Gasteiger partial charge on any atom is -0.497 e. The van der Waals surface area contributed by atoms with Crippen molar-refractivity contribution >= 4 is 50.7 Å². The van der Waals surface area contributed by atoms with Crippen LogP contribution < -0.4 is 4.74 Å². The number of benzene rings is 4. The molecule has 0 aliphatic carbocycles. The highest BCUT2D eigenvalue weighted by Gasteiger charge is 2.29. The monoisotopic (exact) mass is 766 g/mol. The summed E-state index contributed by atoms with van der Waals surface area (Å²) in [5.74, 6) is 0.863. The number of rotatable bonds is 13. The SMILES string of the molecule is CCc1c(C#N)cc2ccccc2c1C(=O)N(Cc1cccnc1)C[C@@H](CCN1CCC(c2ccc(OC)cc2[S@@](C)=O)CC1)c1ccc(Cl)c(Cl)c1. The molecule has 0 N–H and O–H groups in total. The van der Waals surface area contributed by atoms with E-state index in [1.165, 1.54) is 0 Å². The third-order valence-electron chi connectivity index (χ3n) is 10.4. The zero-order valence-electron chi connectivity index (χ0n) is 30.4. The number of aromatic nitrogens is 1. The molecule has 4 aromatic carbocycles. The van der Waals surface area contributed by atoms with Gasteiger partial charge in [-0.15, -0.1) is 0 Å². The van der Waals surface area contributed by atoms with Gasteiger partial charge in [-0.2, -0.15) is 5.26 Å². The summed E-state index contributed by atoms with van der Waals surface area (Å²) in [6.45, 7) is 5.42. The first-order valence-corrected chi connectivity index (χ1v) is 20.3. The molecule has 2 atom stereocenters. The molecule has 5 aromatic rings. The maximum absolute atomic E-state index is 15.0. The molecule has 0 spiro atoms. The fraction of sp³-hybridized carbons (Fsp3) is 0.326. The standard InChI is InChI=1S/C43H44Cl2N4O3S/c1-4-36-34(25-46)22-32-9-5-6-10-38(32)42(36)43(50)49(27-29-8-7-18-47-26-29)28-33(31-11-14-39(44)40(45)23-31)17-21-48-19-15-30(16-20-48)37-13-12-35(52-2)24-41(37)53(3)51/h5-14,18,22-24,26,30,33H,4,15-17,19-21,27-28H2,1-3H3/t33-,53-/m1/s1. The molecular weight excluding hydrogens is 723 g/mol. The third-order valence-corrected chi connectivity index (χ3v) is 12.1. The molecule has 1 aliphatic rings. The van der Waals surface area contributed by atoms with E-state index in [9.17, 15) is 9.47 Å². The minimum absolute atomic E-state index is 0.0608. The van der Waals surface area contributed by atoms with Crippen molar-refractivity contribution in [2.24, 2.45) is 0 Å². The molecule has 0 bridgehead atoms. The number of halogens is 2. The van der Waals surface area contributed by atoms with Gasteiger partial charge in [0.1, 0.15) is 5.75 Å². The number of nitrogens with zero attached hydrogens (tertiary/aromatic N) is 4. The fourth-order valence-corrected chi connectivity index (χ4v) is 8.78. The maximum Gasteiger partial charge on any atom is 0.255 e. The van der Waals surface area contributed by atoms with Gasteiger partial charge in [0, 0.05) is 42.6 Å². The minimum atomic E-state index is -1.11. The first kappa shape index (κ1) is 38.5. The second-order valence-corrected chi connectivity index (χ2v) is 15.8. The number of hydrogen-bond donors (Lipinski definition) is 0. The number of carbonyl (C=O) groups is 1. The van der Waals surface area contributed by atoms with Crippen LogP contribution in [0.25, 0.3) is 10.8 Å². The molecule has 2 heterocycles. The Morgan fingerprint density at radius 1 is 1.06 bits per heavy atom. The Kier molecular flexibility index (Phi) is 12.9. The highest BCUT2D eigenvalue weighted by molar-refractivity contribution is 7.84. The van der Waals surface area contributed by atoms with E-state index in [2.05, 4.69) is 22.0 Å². The summed E-state index contributed by atoms with van der Waals surface area (Å²) in [5, 5.41) is 12.8. The predicted octanol–water partition coefficient (Wildman–Crippen LogP) is 9.42. The van der Waals surface area contributed by atoms with Gasteiger partial charge in [-0.05, 0) is 121 Å². The molecule has 0 saturated carbocycles. The van der Waals surface area contributed by atoms with E-state index in [1.807, 2.05) is 84.6 Å². The van der Waals surface area contributed by atoms with E-state index in [0.717, 1.165) is 82.6 Å². The highest BCUT2D eigenvalue weighted by Crippen LogP contribution is 2.36. The van der Waals surface area contributed by atoms with Crippen LogP contribution in [0.1, 0.15) is 76.2 Å². The molecule has 0 unspecified atom stereocenters. The molecule has 7 nitrogen and oxygen atoms in total. The van der Waals surface area contributed by atoms with Crippen molar-refractivity contribution in [1.82, 2.24) is 14.8 Å². The van der Waals surface area contributed by atoms with E-state index >= 15 is 4.79 Å². The number of amides is 1. The van der Waals surface area contributed by atoms with E-state index in [4.69, 9.17) is 27.9 Å². The molecule has 1 fully saturated rings. The smallest absolute Gasteiger partial charge is 0.255 e. The van der Waals surface area contributed by atoms with Gasteiger partial charge in [-0.1, -0.05) is 72.6 Å². The van der Waals surface area contributed by atoms with Crippen molar-refractivity contribution in [3.8, 4) is 11.8 Å². The van der Waals surface area contributed by atoms with Crippen molar-refractivity contribution in [3.05, 3.63) is 135 Å². The number of fused-ring (bicyclic) bond motifs is 1. The number of hydrogen-bond acceptors (Lipinski definition) is 6. The molecular formula is C43H44Cl2N4O3S. The summed E-state index contributed by atoms with van der Waals surface area (Å²) in [6, 6.07) is 27.6. The lowest BCUT2D eigenvalue weighted by atomic mass is 9.88. The van der Waals surface area contributed by atoms with Gasteiger partial charge in [0.05, 0.1) is 45.2 Å². The van der Waals surface area contributed by atoms with Crippen molar-refractivity contribution in [2.75, 3.05) is 39.5 Å². The summed E-state index contributed by atoms with van der Waals surface area (Å²) >= 11 is 13.0. The Hall–Kier alpha value is -4.26. The summed E-state index contributed by atoms with van der Waals surface area (Å²) in [4.78, 5) is 24.6. The molecule has 1 saturated heterocycles. The molecule has 1 aromatic heterocycles. The first-order valence-electron chi connectivity index (χ1n) is 18.0. The van der Waals surface area contributed by atoms with Crippen LogP contribution in [0.3, 0.4) is 0 Å². The molecule has 1 aliphatic heterocycles. The Morgan fingerprint density at radius 2 is 1.85 bits per heavy atom. The quantitative estimate of drug-likeness (QED) is 0.119. The van der Waals surface area contributed by atoms with Crippen LogP contribution in [0.2, 0.25) is 10.0 Å². The largest absolute Gasteiger partial charge is 0.497 e. The number of piperidine rings is 1. The molecule has 10 heteroatoms. The zero-order chi connectivity index (χ0) is 37.5. The number of ether oxygens (including phenoxy) is 1. The van der Waals surface area contributed by atoms with Crippen molar-refractivity contribution in [1.29, 1.82) is 5.26 Å². The van der Waals surface area contributed by atoms with Gasteiger partial charge in [-0.25, -0.2) is 0 Å². The number of nitriles is 1. The predicted molar refractivity (Wildman–Crippen MR) is 215 cm³/mol. The Morgan fingerprint density at radius 3 is 2.53 bits per heavy atom. The van der Waals surface area contributed by atoms with E-state index < -0.39 is 10.8 Å². The van der Waals surface area contributed by atoms with Crippen molar-refractivity contribution < 1.29 is 13.7 Å². The van der Waals surface area contributed by atoms with E-state index in [1.54, 1.807) is 25.8 Å². The second kappa shape index (κ2) is 17.7. The van der Waals surface area contributed by atoms with Gasteiger partial charge in [-0.3, -0.25) is 14.0 Å². The number of methoxy groups -OCH3 is 1. The van der Waals surface area contributed by atoms with E-state index in [0.29, 0.717) is 46.6 Å². The van der Waals surface area contributed by atoms with E-state index in [-0.39, 0.29) is 11.8 Å². The summed E-state index contributed by atoms with van der Waals surface area (Å²) in [6.07, 6.45) is 8.51. The van der Waals surface area contributed by atoms with Crippen LogP contribution in [0.15, 0.2) is 96.2 Å². The Labute approximate surface area is 325 Å². The van der Waals surface area contributed by atoms with Gasteiger partial charge >= 0.3 is 0 Å². The lowest BCUT2D eigenvalue weighted by Gasteiger charge is -2.35. The Bertz CT molecular complexity index is 2150. The van der Waals surface area contributed by atoms with Gasteiger partial charge in [0.2, 0.25) is 0 Å². The van der Waals surface area contributed by atoms with Crippen LogP contribution in [-0.4, -0.2) is 64.4 Å². The van der Waals surface area contributed by atoms with Crippen LogP contribution in [0.4, 0.5) is 0 Å². The van der Waals surface area contributed by atoms with Crippen LogP contribution >= 0.6 is 23.2 Å². The van der Waals surface area contributed by atoms with Crippen molar-refractivity contribution in [2.45, 2.75) is 55.9 Å². The molecule has 53 heavy (non-hydrogen) atoms. The summed E-state index contributed by atoms with van der Waals surface area (Å²) in [7, 11) is 0.517. The maximum atomic E-state index is 15.0. The molecule has 274 valence electrons. The van der Waals surface area contributed by atoms with Crippen LogP contribution in [0.5, 0.6) is 5.75 Å². The van der Waals surface area contributed by atoms with Gasteiger partial charge < -0.3 is 14.5 Å². The lowest BCUT2D eigenvalue weighted by Crippen LogP contribution is -2.38. The number of carbonyl (C=O) groups excluding carboxylic acids is 1. The topological polar surface area (TPSA) is 86.5 Å². The summed E-state index contributed by atoms with van der Waals surface area (Å²) < 4.78 is 18.1. The number of pyridine rings is 1. The first-order chi connectivity index (χ1) is 25.7. The molecule has 6 rings (SSSR count). The van der Waals surface area contributed by atoms with Crippen LogP contribution in [-0.2, 0) is 23.8 Å². The summed E-state index contributed by atoms with van der Waals surface area (Å²) in [5.41, 5.74) is 4.93. The average molecular weight is 768 g/mol. The third kappa shape index (κ3) is 8.93. The second-order valence-electron chi connectivity index (χ2n) is 13.6. The number of likely N-dealkylation sites (tertiary alicyclic amines) is 1.